The molecule has 1 aliphatic heterocycles. The van der Waals surface area contributed by atoms with Gasteiger partial charge in [-0.15, -0.1) is 0 Å². The topological polar surface area (TPSA) is 61.4 Å². The minimum absolute atomic E-state index is 0.00165. The van der Waals surface area contributed by atoms with Crippen LogP contribution in [0.1, 0.15) is 36.7 Å². The molecule has 0 aliphatic carbocycles. The first-order chi connectivity index (χ1) is 13.4. The van der Waals surface area contributed by atoms with E-state index >= 15 is 0 Å². The summed E-state index contributed by atoms with van der Waals surface area (Å²) in [6.07, 6.45) is 7.54. The molecule has 1 aromatic carbocycles. The number of carbonyl (C=O) groups is 1. The molecule has 6 nitrogen and oxygen atoms in total. The molecule has 0 spiro atoms. The number of hydrogen-bond acceptors (Lipinski definition) is 5. The van der Waals surface area contributed by atoms with E-state index in [2.05, 4.69) is 44.5 Å². The molecule has 0 bridgehead atoms. The summed E-state index contributed by atoms with van der Waals surface area (Å²) in [5, 5.41) is 3.20. The number of rotatable bonds is 5. The Kier molecular flexibility index (Phi) is 6.41. The number of anilines is 1. The molecule has 6 heteroatoms. The van der Waals surface area contributed by atoms with E-state index < -0.39 is 0 Å². The number of piperazine rings is 1. The second-order valence-electron chi connectivity index (χ2n) is 8.08. The highest BCUT2D eigenvalue weighted by Crippen LogP contribution is 2.12. The van der Waals surface area contributed by atoms with Crippen LogP contribution in [-0.2, 0) is 0 Å². The zero-order chi connectivity index (χ0) is 20.0. The largest absolute Gasteiger partial charge is 0.350 e. The van der Waals surface area contributed by atoms with Gasteiger partial charge in [-0.25, -0.2) is 9.97 Å². The summed E-state index contributed by atoms with van der Waals surface area (Å²) in [4.78, 5) is 25.5. The lowest BCUT2D eigenvalue weighted by molar-refractivity contribution is 0.0649. The summed E-state index contributed by atoms with van der Waals surface area (Å²) >= 11 is 0. The van der Waals surface area contributed by atoms with E-state index in [1.54, 1.807) is 12.4 Å². The first-order valence-corrected chi connectivity index (χ1v) is 9.74. The molecule has 1 fully saturated rings. The van der Waals surface area contributed by atoms with Gasteiger partial charge in [0.05, 0.1) is 5.56 Å². The van der Waals surface area contributed by atoms with Crippen LogP contribution < -0.4 is 5.32 Å². The quantitative estimate of drug-likeness (QED) is 0.865. The summed E-state index contributed by atoms with van der Waals surface area (Å²) in [5.74, 6) is 0.542. The van der Waals surface area contributed by atoms with Crippen molar-refractivity contribution in [3.63, 3.8) is 0 Å². The maximum absolute atomic E-state index is 12.7. The molecular formula is C22H29N5O. The highest BCUT2D eigenvalue weighted by molar-refractivity contribution is 5.93. The summed E-state index contributed by atoms with van der Waals surface area (Å²) in [6.45, 7) is 10.2. The van der Waals surface area contributed by atoms with Gasteiger partial charge in [-0.2, -0.15) is 0 Å². The molecule has 0 radical (unpaired) electrons. The zero-order valence-electron chi connectivity index (χ0n) is 16.9. The fourth-order valence-corrected chi connectivity index (χ4v) is 3.06. The van der Waals surface area contributed by atoms with E-state index in [9.17, 15) is 4.79 Å². The van der Waals surface area contributed by atoms with E-state index in [1.807, 2.05) is 43.9 Å². The Morgan fingerprint density at radius 2 is 1.71 bits per heavy atom. The van der Waals surface area contributed by atoms with Crippen LogP contribution in [0.5, 0.6) is 0 Å². The van der Waals surface area contributed by atoms with Crippen LogP contribution in [0.4, 0.5) is 5.95 Å². The van der Waals surface area contributed by atoms with Gasteiger partial charge in [0.2, 0.25) is 5.95 Å². The van der Waals surface area contributed by atoms with Gasteiger partial charge in [0.1, 0.15) is 0 Å². The van der Waals surface area contributed by atoms with E-state index in [-0.39, 0.29) is 11.4 Å². The Hall–Kier alpha value is -2.73. The number of aromatic nitrogens is 2. The second kappa shape index (κ2) is 8.97. The maximum atomic E-state index is 12.7. The number of carbonyl (C=O) groups excluding carboxylic acids is 1. The standard InChI is InChI=1S/C22H29N5O/c1-22(2,3)25-21-23-16-19(17-24-21)20(28)27-14-12-26(13-15-27)11-7-10-18-8-5-4-6-9-18/h4-10,16-17H,11-15H2,1-3H3,(H,23,24,25)/b10-7+. The van der Waals surface area contributed by atoms with Gasteiger partial charge < -0.3 is 10.2 Å². The number of hydrogen-bond donors (Lipinski definition) is 1. The third-order valence-corrected chi connectivity index (χ3v) is 4.52. The van der Waals surface area contributed by atoms with E-state index in [0.717, 1.165) is 32.7 Å². The second-order valence-corrected chi connectivity index (χ2v) is 8.08. The highest BCUT2D eigenvalue weighted by Gasteiger charge is 2.22. The van der Waals surface area contributed by atoms with Crippen molar-refractivity contribution in [1.82, 2.24) is 19.8 Å². The number of nitrogens with zero attached hydrogens (tertiary/aromatic N) is 4. The van der Waals surface area contributed by atoms with E-state index in [4.69, 9.17) is 0 Å². The molecule has 148 valence electrons. The van der Waals surface area contributed by atoms with Gasteiger partial charge in [-0.3, -0.25) is 9.69 Å². The first kappa shape index (κ1) is 20.0. The molecule has 3 rings (SSSR count). The van der Waals surface area contributed by atoms with E-state index in [0.29, 0.717) is 11.5 Å². The van der Waals surface area contributed by atoms with Crippen molar-refractivity contribution in [3.8, 4) is 0 Å². The first-order valence-electron chi connectivity index (χ1n) is 9.74. The Labute approximate surface area is 167 Å². The number of nitrogens with one attached hydrogen (secondary N) is 1. The van der Waals surface area contributed by atoms with Gasteiger partial charge in [-0.05, 0) is 26.3 Å². The molecular weight excluding hydrogens is 350 g/mol. The Balaban J connectivity index is 1.47. The molecule has 0 unspecified atom stereocenters. The molecule has 2 aromatic rings. The smallest absolute Gasteiger partial charge is 0.257 e. The number of amides is 1. The van der Waals surface area contributed by atoms with Crippen LogP contribution in [0.25, 0.3) is 6.08 Å². The molecule has 1 N–H and O–H groups in total. The monoisotopic (exact) mass is 379 g/mol. The van der Waals surface area contributed by atoms with Crippen molar-refractivity contribution >= 4 is 17.9 Å². The Morgan fingerprint density at radius 1 is 1.07 bits per heavy atom. The average Bonchev–Trinajstić information content (AvgIpc) is 2.68. The van der Waals surface area contributed by atoms with Crippen LogP contribution in [0.15, 0.2) is 48.8 Å². The van der Waals surface area contributed by atoms with Gasteiger partial charge in [-0.1, -0.05) is 42.5 Å². The van der Waals surface area contributed by atoms with Gasteiger partial charge >= 0.3 is 0 Å². The van der Waals surface area contributed by atoms with Crippen molar-refractivity contribution in [2.24, 2.45) is 0 Å². The normalized spacial score (nSPS) is 15.8. The minimum Gasteiger partial charge on any atom is -0.350 e. The fraction of sp³-hybridized carbons (Fsp3) is 0.409. The summed E-state index contributed by atoms with van der Waals surface area (Å²) < 4.78 is 0. The maximum Gasteiger partial charge on any atom is 0.257 e. The lowest BCUT2D eigenvalue weighted by Crippen LogP contribution is -2.48. The summed E-state index contributed by atoms with van der Waals surface area (Å²) in [7, 11) is 0. The summed E-state index contributed by atoms with van der Waals surface area (Å²) in [6, 6.07) is 10.3. The molecule has 1 aromatic heterocycles. The third-order valence-electron chi connectivity index (χ3n) is 4.52. The SMILES string of the molecule is CC(C)(C)Nc1ncc(C(=O)N2CCN(C/C=C/c3ccccc3)CC2)cn1. The lowest BCUT2D eigenvalue weighted by Gasteiger charge is -2.34. The Bertz CT molecular complexity index is 788. The average molecular weight is 380 g/mol. The summed E-state index contributed by atoms with van der Waals surface area (Å²) in [5.41, 5.74) is 1.63. The van der Waals surface area contributed by atoms with E-state index in [1.165, 1.54) is 5.56 Å². The molecule has 0 atom stereocenters. The van der Waals surface area contributed by atoms with Crippen LogP contribution in [-0.4, -0.2) is 63.9 Å². The third kappa shape index (κ3) is 5.89. The molecule has 2 heterocycles. The van der Waals surface area contributed by atoms with Crippen LogP contribution in [0.2, 0.25) is 0 Å². The lowest BCUT2D eigenvalue weighted by atomic mass is 10.1. The van der Waals surface area contributed by atoms with Crippen LogP contribution in [0, 0.1) is 0 Å². The van der Waals surface area contributed by atoms with Crippen molar-refractivity contribution in [3.05, 3.63) is 59.9 Å². The zero-order valence-corrected chi connectivity index (χ0v) is 16.9. The minimum atomic E-state index is -0.114. The van der Waals surface area contributed by atoms with Crippen LogP contribution in [0.3, 0.4) is 0 Å². The van der Waals surface area contributed by atoms with Crippen LogP contribution >= 0.6 is 0 Å². The number of benzene rings is 1. The van der Waals surface area contributed by atoms with Crippen molar-refractivity contribution in [1.29, 1.82) is 0 Å². The molecule has 0 saturated carbocycles. The van der Waals surface area contributed by atoms with Crippen molar-refractivity contribution < 1.29 is 4.79 Å². The van der Waals surface area contributed by atoms with Gasteiger partial charge in [0.15, 0.2) is 0 Å². The van der Waals surface area contributed by atoms with Crippen molar-refractivity contribution in [2.45, 2.75) is 26.3 Å². The predicted molar refractivity (Wildman–Crippen MR) is 113 cm³/mol. The van der Waals surface area contributed by atoms with Gasteiger partial charge in [0.25, 0.3) is 5.91 Å². The van der Waals surface area contributed by atoms with Crippen molar-refractivity contribution in [2.75, 3.05) is 38.0 Å². The molecule has 1 amide bonds. The molecule has 1 aliphatic rings. The fourth-order valence-electron chi connectivity index (χ4n) is 3.06. The van der Waals surface area contributed by atoms with Gasteiger partial charge in [0, 0.05) is 50.7 Å². The predicted octanol–water partition coefficient (Wildman–Crippen LogP) is 3.16. The molecule has 1 saturated heterocycles. The molecule has 28 heavy (non-hydrogen) atoms. The highest BCUT2D eigenvalue weighted by atomic mass is 16.2. The Morgan fingerprint density at radius 3 is 2.32 bits per heavy atom.